The number of rotatable bonds is 4. The van der Waals surface area contributed by atoms with E-state index in [1.165, 1.54) is 18.3 Å². The van der Waals surface area contributed by atoms with Crippen LogP contribution < -0.4 is 4.72 Å². The van der Waals surface area contributed by atoms with Crippen molar-refractivity contribution < 1.29 is 26.7 Å². The van der Waals surface area contributed by atoms with Crippen LogP contribution in [0, 0.1) is 11.6 Å². The summed E-state index contributed by atoms with van der Waals surface area (Å²) in [6.07, 6.45) is 1.24. The standard InChI is InChI=1S/C13H9BrF2N2O4S/c1-22-13(19)8-4-10(16)11(5-9(8)15)18-23(20,21)12-3-2-7(14)6-17-12/h2-6,18H,1H3. The van der Waals surface area contributed by atoms with E-state index >= 15 is 0 Å². The summed E-state index contributed by atoms with van der Waals surface area (Å²) in [5, 5.41) is -0.377. The molecule has 122 valence electrons. The molecule has 0 saturated carbocycles. The largest absolute Gasteiger partial charge is 0.465 e. The number of anilines is 1. The van der Waals surface area contributed by atoms with Crippen LogP contribution in [-0.2, 0) is 14.8 Å². The Morgan fingerprint density at radius 3 is 2.52 bits per heavy atom. The Morgan fingerprint density at radius 1 is 1.26 bits per heavy atom. The van der Waals surface area contributed by atoms with Crippen molar-refractivity contribution >= 4 is 37.6 Å². The molecule has 6 nitrogen and oxygen atoms in total. The molecule has 0 saturated heterocycles. The van der Waals surface area contributed by atoms with E-state index in [-0.39, 0.29) is 5.03 Å². The number of benzene rings is 1. The van der Waals surface area contributed by atoms with Gasteiger partial charge in [-0.3, -0.25) is 4.72 Å². The van der Waals surface area contributed by atoms with E-state index in [0.29, 0.717) is 16.6 Å². The van der Waals surface area contributed by atoms with Gasteiger partial charge in [0.1, 0.15) is 11.6 Å². The lowest BCUT2D eigenvalue weighted by atomic mass is 10.2. The minimum absolute atomic E-state index is 0.377. The van der Waals surface area contributed by atoms with Crippen LogP contribution in [0.3, 0.4) is 0 Å². The zero-order valence-electron chi connectivity index (χ0n) is 11.5. The monoisotopic (exact) mass is 406 g/mol. The fourth-order valence-corrected chi connectivity index (χ4v) is 2.83. The summed E-state index contributed by atoms with van der Waals surface area (Å²) >= 11 is 3.10. The molecular formula is C13H9BrF2N2O4S. The normalized spacial score (nSPS) is 11.1. The average Bonchev–Trinajstić information content (AvgIpc) is 2.50. The molecule has 2 aromatic rings. The van der Waals surface area contributed by atoms with E-state index in [1.54, 1.807) is 0 Å². The minimum Gasteiger partial charge on any atom is -0.465 e. The van der Waals surface area contributed by atoms with Gasteiger partial charge in [-0.2, -0.15) is 8.42 Å². The number of halogens is 3. The maximum absolute atomic E-state index is 13.9. The first-order chi connectivity index (χ1) is 10.7. The number of methoxy groups -OCH3 is 1. The predicted molar refractivity (Wildman–Crippen MR) is 80.4 cm³/mol. The number of aromatic nitrogens is 1. The topological polar surface area (TPSA) is 85.4 Å². The maximum atomic E-state index is 13.9. The van der Waals surface area contributed by atoms with Crippen LogP contribution in [0.25, 0.3) is 0 Å². The summed E-state index contributed by atoms with van der Waals surface area (Å²) in [6.45, 7) is 0. The molecule has 0 atom stereocenters. The smallest absolute Gasteiger partial charge is 0.340 e. The molecule has 0 spiro atoms. The third-order valence-corrected chi connectivity index (χ3v) is 4.43. The molecule has 0 fully saturated rings. The second-order valence-electron chi connectivity index (χ2n) is 4.22. The number of carbonyl (C=O) groups excluding carboxylic acids is 1. The number of carbonyl (C=O) groups is 1. The minimum atomic E-state index is -4.21. The summed E-state index contributed by atoms with van der Waals surface area (Å²) in [4.78, 5) is 14.9. The summed E-state index contributed by atoms with van der Waals surface area (Å²) in [7, 11) is -3.20. The van der Waals surface area contributed by atoms with Gasteiger partial charge < -0.3 is 4.74 Å². The lowest BCUT2D eigenvalue weighted by Gasteiger charge is -2.10. The summed E-state index contributed by atoms with van der Waals surface area (Å²) in [5.41, 5.74) is -1.30. The average molecular weight is 407 g/mol. The van der Waals surface area contributed by atoms with Crippen molar-refractivity contribution in [1.82, 2.24) is 4.98 Å². The highest BCUT2D eigenvalue weighted by Crippen LogP contribution is 2.23. The Balaban J connectivity index is 2.38. The lowest BCUT2D eigenvalue weighted by Crippen LogP contribution is -2.16. The molecule has 0 radical (unpaired) electrons. The van der Waals surface area contributed by atoms with E-state index in [1.807, 2.05) is 4.72 Å². The SMILES string of the molecule is COC(=O)c1cc(F)c(NS(=O)(=O)c2ccc(Br)cn2)cc1F. The van der Waals surface area contributed by atoms with E-state index in [0.717, 1.165) is 7.11 Å². The Morgan fingerprint density at radius 2 is 1.96 bits per heavy atom. The number of nitrogens with one attached hydrogen (secondary N) is 1. The Bertz CT molecular complexity index is 857. The number of esters is 1. The van der Waals surface area contributed by atoms with Gasteiger partial charge in [0.05, 0.1) is 18.4 Å². The van der Waals surface area contributed by atoms with Crippen LogP contribution >= 0.6 is 15.9 Å². The molecule has 0 bridgehead atoms. The van der Waals surface area contributed by atoms with Gasteiger partial charge in [-0.15, -0.1) is 0 Å². The van der Waals surface area contributed by atoms with Crippen LogP contribution in [0.4, 0.5) is 14.5 Å². The second kappa shape index (κ2) is 6.59. The van der Waals surface area contributed by atoms with Crippen LogP contribution in [0.5, 0.6) is 0 Å². The molecular weight excluding hydrogens is 398 g/mol. The predicted octanol–water partition coefficient (Wildman–Crippen LogP) is 2.71. The van der Waals surface area contributed by atoms with Crippen molar-refractivity contribution in [3.05, 3.63) is 52.1 Å². The highest BCUT2D eigenvalue weighted by atomic mass is 79.9. The van der Waals surface area contributed by atoms with E-state index in [4.69, 9.17) is 0 Å². The van der Waals surface area contributed by atoms with Crippen molar-refractivity contribution in [1.29, 1.82) is 0 Å². The fourth-order valence-electron chi connectivity index (χ4n) is 1.61. The van der Waals surface area contributed by atoms with E-state index < -0.39 is 38.9 Å². The van der Waals surface area contributed by atoms with Crippen molar-refractivity contribution in [2.45, 2.75) is 5.03 Å². The van der Waals surface area contributed by atoms with Gasteiger partial charge in [-0.25, -0.2) is 18.6 Å². The number of hydrogen-bond acceptors (Lipinski definition) is 5. The van der Waals surface area contributed by atoms with Crippen LogP contribution in [0.15, 0.2) is 40.0 Å². The quantitative estimate of drug-likeness (QED) is 0.788. The summed E-state index contributed by atoms with van der Waals surface area (Å²) in [5.74, 6) is -3.34. The second-order valence-corrected chi connectivity index (χ2v) is 6.77. The summed E-state index contributed by atoms with van der Waals surface area (Å²) in [6, 6.07) is 3.72. The molecule has 1 aromatic carbocycles. The van der Waals surface area contributed by atoms with Gasteiger partial charge in [0, 0.05) is 16.7 Å². The van der Waals surface area contributed by atoms with Gasteiger partial charge in [-0.05, 0) is 34.1 Å². The summed E-state index contributed by atoms with van der Waals surface area (Å²) < 4.78 is 58.6. The molecule has 0 aliphatic carbocycles. The molecule has 1 heterocycles. The maximum Gasteiger partial charge on any atom is 0.340 e. The first-order valence-corrected chi connectivity index (χ1v) is 8.24. The third-order valence-electron chi connectivity index (χ3n) is 2.68. The molecule has 1 aromatic heterocycles. The fraction of sp³-hybridized carbons (Fsp3) is 0.0769. The van der Waals surface area contributed by atoms with Gasteiger partial charge in [0.15, 0.2) is 5.03 Å². The van der Waals surface area contributed by atoms with Crippen LogP contribution in [0.1, 0.15) is 10.4 Å². The molecule has 10 heteroatoms. The number of sulfonamides is 1. The van der Waals surface area contributed by atoms with Crippen molar-refractivity contribution in [3.8, 4) is 0 Å². The first kappa shape index (κ1) is 17.3. The van der Waals surface area contributed by atoms with Crippen LogP contribution in [0.2, 0.25) is 0 Å². The van der Waals surface area contributed by atoms with Gasteiger partial charge in [-0.1, -0.05) is 0 Å². The molecule has 0 aliphatic heterocycles. The Labute approximate surface area is 138 Å². The Hall–Kier alpha value is -2.07. The van der Waals surface area contributed by atoms with Gasteiger partial charge in [0.2, 0.25) is 0 Å². The lowest BCUT2D eigenvalue weighted by molar-refractivity contribution is 0.0595. The van der Waals surface area contributed by atoms with Crippen LogP contribution in [-0.4, -0.2) is 26.5 Å². The number of pyridine rings is 1. The highest BCUT2D eigenvalue weighted by molar-refractivity contribution is 9.10. The molecule has 0 aliphatic rings. The van der Waals surface area contributed by atoms with Crippen molar-refractivity contribution in [3.63, 3.8) is 0 Å². The Kier molecular flexibility index (Phi) is 4.95. The van der Waals surface area contributed by atoms with Gasteiger partial charge in [0.25, 0.3) is 10.0 Å². The van der Waals surface area contributed by atoms with E-state index in [2.05, 4.69) is 25.7 Å². The molecule has 0 amide bonds. The number of ether oxygens (including phenoxy) is 1. The van der Waals surface area contributed by atoms with Gasteiger partial charge >= 0.3 is 5.97 Å². The first-order valence-electron chi connectivity index (χ1n) is 5.96. The molecule has 23 heavy (non-hydrogen) atoms. The third kappa shape index (κ3) is 3.82. The molecule has 1 N–H and O–H groups in total. The zero-order valence-corrected chi connectivity index (χ0v) is 13.9. The number of hydrogen-bond donors (Lipinski definition) is 1. The molecule has 0 unspecified atom stereocenters. The van der Waals surface area contributed by atoms with Crippen molar-refractivity contribution in [2.24, 2.45) is 0 Å². The highest BCUT2D eigenvalue weighted by Gasteiger charge is 2.21. The zero-order chi connectivity index (χ0) is 17.2. The van der Waals surface area contributed by atoms with Crippen molar-refractivity contribution in [2.75, 3.05) is 11.8 Å². The molecule has 2 rings (SSSR count). The van der Waals surface area contributed by atoms with E-state index in [9.17, 15) is 22.0 Å². The number of nitrogens with zero attached hydrogens (tertiary/aromatic N) is 1.